The molecule has 1 saturated carbocycles. The number of fused-ring (bicyclic) bond motifs is 3. The molecule has 3 fully saturated rings. The van der Waals surface area contributed by atoms with E-state index in [2.05, 4.69) is 20.2 Å². The summed E-state index contributed by atoms with van der Waals surface area (Å²) < 4.78 is 58.5. The molecule has 3 aliphatic rings. The quantitative estimate of drug-likeness (QED) is 0.235. The molecule has 14 heteroatoms. The molecule has 2 aromatic carbocycles. The molecule has 1 amide bonds. The number of alkyl halides is 1. The summed E-state index contributed by atoms with van der Waals surface area (Å²) in [5.74, 6) is -1.52. The monoisotopic (exact) mass is 670 g/mol. The van der Waals surface area contributed by atoms with Gasteiger partial charge in [0, 0.05) is 43.3 Å². The van der Waals surface area contributed by atoms with E-state index in [-0.39, 0.29) is 84.3 Å². The predicted octanol–water partition coefficient (Wildman–Crippen LogP) is 6.29. The van der Waals surface area contributed by atoms with Gasteiger partial charge >= 0.3 is 6.01 Å². The van der Waals surface area contributed by atoms with Crippen molar-refractivity contribution in [2.45, 2.75) is 69.3 Å². The summed E-state index contributed by atoms with van der Waals surface area (Å²) in [6.07, 6.45) is 2.56. The molecule has 3 N–H and O–H groups in total. The molecular weight excluding hydrogens is 641 g/mol. The van der Waals surface area contributed by atoms with Gasteiger partial charge in [0.1, 0.15) is 41.3 Å². The van der Waals surface area contributed by atoms with Gasteiger partial charge in [-0.3, -0.25) is 9.69 Å². The van der Waals surface area contributed by atoms with Crippen molar-refractivity contribution in [2.24, 2.45) is 0 Å². The first kappa shape index (κ1) is 30.8. The first-order valence-corrected chi connectivity index (χ1v) is 16.3. The fraction of sp³-hybridized carbons (Fsp3) is 0.438. The summed E-state index contributed by atoms with van der Waals surface area (Å²) in [7, 11) is 0. The fourth-order valence-electron chi connectivity index (χ4n) is 7.33. The maximum absolute atomic E-state index is 16.8. The van der Waals surface area contributed by atoms with Crippen LogP contribution in [0.15, 0.2) is 18.2 Å². The number of rotatable bonds is 7. The van der Waals surface area contributed by atoms with Crippen LogP contribution in [0.3, 0.4) is 0 Å². The molecule has 2 aliphatic heterocycles. The Morgan fingerprint density at radius 2 is 2.15 bits per heavy atom. The number of carbonyl (C=O) groups excluding carboxylic acids is 1. The highest BCUT2D eigenvalue weighted by Gasteiger charge is 2.49. The third-order valence-corrected chi connectivity index (χ3v) is 10.7. The van der Waals surface area contributed by atoms with Crippen LogP contribution >= 0.6 is 22.9 Å². The number of nitrogens with one attached hydrogen (secondary N) is 1. The van der Waals surface area contributed by atoms with E-state index in [9.17, 15) is 18.8 Å². The van der Waals surface area contributed by atoms with Crippen molar-refractivity contribution in [1.29, 1.82) is 5.26 Å². The lowest BCUT2D eigenvalue weighted by molar-refractivity contribution is -0.119. The van der Waals surface area contributed by atoms with Crippen molar-refractivity contribution in [3.8, 4) is 29.1 Å². The molecule has 0 bridgehead atoms. The van der Waals surface area contributed by atoms with Gasteiger partial charge in [0.05, 0.1) is 26.2 Å². The molecule has 4 atom stereocenters. The standard InChI is InChI=1S/C32H30ClF3N6O3S/c1-15(43)39-17-3-4-18(9-17)45-30-20-10-22(33)25(19-5-6-23(35)28-24(19)21(12-37)29(38)46-28)26(36)27(20)40-31(41-30)44-14-32-7-2-8-42(32)13-16(34)11-32/h5-6,10,16-18H,2-4,7-9,11,13-14,38H2,1H3,(H,39,43)/t16-,17+,18+,32+/m1/s1. The number of ether oxygens (including phenoxy) is 2. The van der Waals surface area contributed by atoms with E-state index in [0.29, 0.717) is 32.2 Å². The molecule has 2 aromatic heterocycles. The van der Waals surface area contributed by atoms with Crippen LogP contribution in [0, 0.1) is 23.0 Å². The summed E-state index contributed by atoms with van der Waals surface area (Å²) in [4.78, 5) is 22.7. The maximum atomic E-state index is 16.8. The third-order valence-electron chi connectivity index (χ3n) is 9.33. The van der Waals surface area contributed by atoms with Crippen molar-refractivity contribution in [3.63, 3.8) is 0 Å². The second-order valence-electron chi connectivity index (χ2n) is 12.3. The van der Waals surface area contributed by atoms with E-state index in [4.69, 9.17) is 26.8 Å². The number of nitriles is 1. The van der Waals surface area contributed by atoms with E-state index in [1.165, 1.54) is 25.1 Å². The van der Waals surface area contributed by atoms with E-state index in [1.54, 1.807) is 0 Å². The highest BCUT2D eigenvalue weighted by molar-refractivity contribution is 7.23. The van der Waals surface area contributed by atoms with Gasteiger partial charge in [-0.2, -0.15) is 15.2 Å². The molecule has 9 nitrogen and oxygen atoms in total. The van der Waals surface area contributed by atoms with Crippen molar-refractivity contribution in [1.82, 2.24) is 20.2 Å². The Morgan fingerprint density at radius 3 is 2.93 bits per heavy atom. The van der Waals surface area contributed by atoms with Gasteiger partial charge in [-0.25, -0.2) is 13.2 Å². The van der Waals surface area contributed by atoms with Crippen molar-refractivity contribution < 1.29 is 27.4 Å². The summed E-state index contributed by atoms with van der Waals surface area (Å²) in [6, 6.07) is 5.80. The molecule has 0 spiro atoms. The number of carbonyl (C=O) groups is 1. The molecule has 46 heavy (non-hydrogen) atoms. The van der Waals surface area contributed by atoms with Crippen LogP contribution in [0.5, 0.6) is 11.9 Å². The van der Waals surface area contributed by atoms with Crippen LogP contribution in [-0.2, 0) is 4.79 Å². The lowest BCUT2D eigenvalue weighted by Gasteiger charge is -2.30. The minimum absolute atomic E-state index is 0.0267. The summed E-state index contributed by atoms with van der Waals surface area (Å²) >= 11 is 7.64. The highest BCUT2D eigenvalue weighted by Crippen LogP contribution is 2.46. The Kier molecular flexibility index (Phi) is 7.85. The van der Waals surface area contributed by atoms with Crippen molar-refractivity contribution >= 4 is 54.8 Å². The number of nitrogens with two attached hydrogens (primary N) is 1. The molecule has 0 radical (unpaired) electrons. The Hall–Kier alpha value is -3.86. The van der Waals surface area contributed by atoms with Crippen molar-refractivity contribution in [2.75, 3.05) is 25.4 Å². The summed E-state index contributed by atoms with van der Waals surface area (Å²) in [5, 5.41) is 13.1. The maximum Gasteiger partial charge on any atom is 0.320 e. The third kappa shape index (κ3) is 5.26. The number of hydrogen-bond acceptors (Lipinski definition) is 9. The smallest absolute Gasteiger partial charge is 0.320 e. The van der Waals surface area contributed by atoms with Crippen LogP contribution in [0.25, 0.3) is 32.1 Å². The van der Waals surface area contributed by atoms with Crippen LogP contribution in [0.1, 0.15) is 51.0 Å². The zero-order valence-electron chi connectivity index (χ0n) is 24.8. The molecule has 1 aliphatic carbocycles. The number of amides is 1. The van der Waals surface area contributed by atoms with Crippen LogP contribution in [-0.4, -0.2) is 64.3 Å². The van der Waals surface area contributed by atoms with E-state index in [0.717, 1.165) is 30.7 Å². The lowest BCUT2D eigenvalue weighted by atomic mass is 9.95. The van der Waals surface area contributed by atoms with Crippen LogP contribution in [0.2, 0.25) is 5.02 Å². The number of benzene rings is 2. The number of halogens is 4. The highest BCUT2D eigenvalue weighted by atomic mass is 35.5. The average molecular weight is 671 g/mol. The minimum Gasteiger partial charge on any atom is -0.474 e. The zero-order chi connectivity index (χ0) is 32.3. The molecule has 0 unspecified atom stereocenters. The predicted molar refractivity (Wildman–Crippen MR) is 169 cm³/mol. The Bertz CT molecular complexity index is 1940. The number of aromatic nitrogens is 2. The minimum atomic E-state index is -0.960. The van der Waals surface area contributed by atoms with Gasteiger partial charge in [0.15, 0.2) is 5.82 Å². The molecule has 2 saturated heterocycles. The average Bonchev–Trinajstić information content (AvgIpc) is 3.76. The Labute approximate surface area is 271 Å². The Morgan fingerprint density at radius 1 is 1.33 bits per heavy atom. The van der Waals surface area contributed by atoms with E-state index >= 15 is 4.39 Å². The molecule has 4 heterocycles. The first-order valence-electron chi connectivity index (χ1n) is 15.1. The van der Waals surface area contributed by atoms with Gasteiger partial charge < -0.3 is 20.5 Å². The summed E-state index contributed by atoms with van der Waals surface area (Å²) in [5.41, 5.74) is 5.51. The zero-order valence-corrected chi connectivity index (χ0v) is 26.4. The van der Waals surface area contributed by atoms with Gasteiger partial charge in [-0.05, 0) is 49.9 Å². The molecular formula is C32H30ClF3N6O3S. The van der Waals surface area contributed by atoms with Crippen molar-refractivity contribution in [3.05, 3.63) is 40.4 Å². The molecule has 7 rings (SSSR count). The van der Waals surface area contributed by atoms with Crippen LogP contribution in [0.4, 0.5) is 18.2 Å². The number of nitrogen functional groups attached to an aromatic ring is 1. The topological polar surface area (TPSA) is 126 Å². The number of anilines is 1. The van der Waals surface area contributed by atoms with Gasteiger partial charge in [-0.15, -0.1) is 11.3 Å². The normalized spacial score (nSPS) is 24.4. The SMILES string of the molecule is CC(=O)N[C@H]1CC[C@H](Oc2nc(OC[C@@]34CCCN3C[C@H](F)C4)nc3c(F)c(-c4ccc(F)c5sc(N)c(C#N)c45)c(Cl)cc23)C1. The van der Waals surface area contributed by atoms with Gasteiger partial charge in [0.25, 0.3) is 0 Å². The second kappa shape index (κ2) is 11.7. The van der Waals surface area contributed by atoms with Gasteiger partial charge in [-0.1, -0.05) is 17.7 Å². The number of nitrogens with zero attached hydrogens (tertiary/aromatic N) is 4. The summed E-state index contributed by atoms with van der Waals surface area (Å²) in [6.45, 7) is 2.69. The van der Waals surface area contributed by atoms with E-state index in [1.807, 2.05) is 6.07 Å². The second-order valence-corrected chi connectivity index (χ2v) is 13.8. The number of thiophene rings is 1. The Balaban J connectivity index is 1.33. The molecule has 4 aromatic rings. The first-order chi connectivity index (χ1) is 22.1. The van der Waals surface area contributed by atoms with Gasteiger partial charge in [0.2, 0.25) is 11.8 Å². The molecule has 240 valence electrons. The van der Waals surface area contributed by atoms with E-state index < -0.39 is 23.3 Å². The largest absolute Gasteiger partial charge is 0.474 e. The fourth-order valence-corrected chi connectivity index (χ4v) is 8.57. The number of hydrogen-bond donors (Lipinski definition) is 2. The lowest BCUT2D eigenvalue weighted by Crippen LogP contribution is -2.43. The van der Waals surface area contributed by atoms with Crippen LogP contribution < -0.4 is 20.5 Å².